The Balaban J connectivity index is 0.000000222. The number of hydrogen-bond acceptors (Lipinski definition) is 8. The third-order valence-electron chi connectivity index (χ3n) is 4.57. The topological polar surface area (TPSA) is 191 Å². The van der Waals surface area contributed by atoms with Gasteiger partial charge in [-0.25, -0.2) is 0 Å². The molecular formula is C22H29N5O3. The molecule has 0 aliphatic heterocycles. The molecule has 0 aliphatic rings. The predicted octanol–water partition coefficient (Wildman–Crippen LogP) is 1.44. The Morgan fingerprint density at radius 1 is 0.700 bits per heavy atom. The highest BCUT2D eigenvalue weighted by Gasteiger charge is 2.14. The Labute approximate surface area is 175 Å². The maximum Gasteiger partial charge on any atom is 0.119 e. The van der Waals surface area contributed by atoms with Crippen LogP contribution >= 0.6 is 0 Å². The van der Waals surface area contributed by atoms with E-state index in [1.165, 1.54) is 12.1 Å². The van der Waals surface area contributed by atoms with Crippen molar-refractivity contribution in [3.63, 3.8) is 0 Å². The number of phenolic OH excluding ortho intramolecular Hbond substituents is 2. The highest BCUT2D eigenvalue weighted by atomic mass is 16.3. The lowest BCUT2D eigenvalue weighted by Crippen LogP contribution is -2.32. The molecule has 30 heavy (non-hydrogen) atoms. The van der Waals surface area contributed by atoms with Gasteiger partial charge in [0.25, 0.3) is 0 Å². The van der Waals surface area contributed by atoms with Crippen LogP contribution in [-0.2, 0) is 6.42 Å². The molecule has 0 heterocycles. The Morgan fingerprint density at radius 3 is 1.57 bits per heavy atom. The zero-order valence-corrected chi connectivity index (χ0v) is 16.6. The SMILES string of the molecule is NCC(O)C(N)c1ccc(N)cc1.Nc1ccc(O)c(Cc2cc(N)ccc2O)c1. The summed E-state index contributed by atoms with van der Waals surface area (Å²) in [6.07, 6.45) is -0.322. The molecule has 160 valence electrons. The van der Waals surface area contributed by atoms with E-state index in [0.717, 1.165) is 5.56 Å². The maximum absolute atomic E-state index is 9.69. The van der Waals surface area contributed by atoms with Crippen LogP contribution in [-0.4, -0.2) is 28.0 Å². The standard InChI is InChI=1S/C13H14N2O2.C9H15N3O/c14-10-1-3-12(16)8(6-10)5-9-7-11(15)2-4-13(9)17;10-5-8(13)9(12)6-1-3-7(11)4-2-6/h1-4,6-7,16-17H,5,14-15H2;1-4,8-9,13H,5,10-12H2. The fraction of sp³-hybridized carbons (Fsp3) is 0.182. The normalized spacial score (nSPS) is 12.5. The van der Waals surface area contributed by atoms with E-state index < -0.39 is 12.1 Å². The minimum atomic E-state index is -0.705. The second-order valence-corrected chi connectivity index (χ2v) is 6.95. The number of nitrogen functional groups attached to an aromatic ring is 3. The zero-order valence-electron chi connectivity index (χ0n) is 16.6. The van der Waals surface area contributed by atoms with Crippen LogP contribution in [0.15, 0.2) is 60.7 Å². The molecule has 3 rings (SSSR count). The van der Waals surface area contributed by atoms with Gasteiger partial charge in [0.05, 0.1) is 12.1 Å². The maximum atomic E-state index is 9.69. The summed E-state index contributed by atoms with van der Waals surface area (Å²) in [6, 6.07) is 16.3. The van der Waals surface area contributed by atoms with Gasteiger partial charge in [0.1, 0.15) is 11.5 Å². The molecule has 0 saturated heterocycles. The molecule has 3 aromatic rings. The van der Waals surface area contributed by atoms with Crippen molar-refractivity contribution in [3.8, 4) is 11.5 Å². The zero-order chi connectivity index (χ0) is 22.3. The Bertz CT molecular complexity index is 914. The van der Waals surface area contributed by atoms with Gasteiger partial charge in [0, 0.05) is 41.2 Å². The van der Waals surface area contributed by atoms with Crippen LogP contribution < -0.4 is 28.7 Å². The second kappa shape index (κ2) is 10.4. The summed E-state index contributed by atoms with van der Waals surface area (Å²) in [5.74, 6) is 0.307. The van der Waals surface area contributed by atoms with Crippen molar-refractivity contribution in [3.05, 3.63) is 77.4 Å². The van der Waals surface area contributed by atoms with Crippen molar-refractivity contribution in [1.29, 1.82) is 0 Å². The first-order valence-electron chi connectivity index (χ1n) is 9.35. The lowest BCUT2D eigenvalue weighted by atomic mass is 10.0. The summed E-state index contributed by atoms with van der Waals surface area (Å²) in [5.41, 5.74) is 31.8. The largest absolute Gasteiger partial charge is 0.508 e. The van der Waals surface area contributed by atoms with Crippen LogP contribution in [0.4, 0.5) is 17.1 Å². The van der Waals surface area contributed by atoms with Crippen molar-refractivity contribution < 1.29 is 15.3 Å². The molecule has 0 spiro atoms. The van der Waals surface area contributed by atoms with Gasteiger partial charge in [-0.05, 0) is 54.1 Å². The van der Waals surface area contributed by atoms with Crippen molar-refractivity contribution >= 4 is 17.1 Å². The van der Waals surface area contributed by atoms with Crippen LogP contribution in [0.3, 0.4) is 0 Å². The minimum absolute atomic E-state index is 0.154. The molecule has 8 heteroatoms. The van der Waals surface area contributed by atoms with Gasteiger partial charge in [0.2, 0.25) is 0 Å². The summed E-state index contributed by atoms with van der Waals surface area (Å²) in [7, 11) is 0. The monoisotopic (exact) mass is 411 g/mol. The van der Waals surface area contributed by atoms with Gasteiger partial charge in [-0.1, -0.05) is 12.1 Å². The number of aromatic hydroxyl groups is 2. The van der Waals surface area contributed by atoms with Gasteiger partial charge in [-0.3, -0.25) is 0 Å². The van der Waals surface area contributed by atoms with Gasteiger partial charge >= 0.3 is 0 Å². The second-order valence-electron chi connectivity index (χ2n) is 6.95. The Morgan fingerprint density at radius 2 is 1.13 bits per heavy atom. The fourth-order valence-electron chi connectivity index (χ4n) is 2.79. The summed E-state index contributed by atoms with van der Waals surface area (Å²) < 4.78 is 0. The molecule has 2 atom stereocenters. The molecule has 0 aliphatic carbocycles. The molecule has 0 aromatic heterocycles. The fourth-order valence-corrected chi connectivity index (χ4v) is 2.79. The van der Waals surface area contributed by atoms with Crippen LogP contribution in [0.1, 0.15) is 22.7 Å². The van der Waals surface area contributed by atoms with Crippen molar-refractivity contribution in [2.24, 2.45) is 11.5 Å². The van der Waals surface area contributed by atoms with E-state index in [4.69, 9.17) is 28.7 Å². The van der Waals surface area contributed by atoms with E-state index in [-0.39, 0.29) is 18.0 Å². The van der Waals surface area contributed by atoms with Gasteiger partial charge in [-0.2, -0.15) is 0 Å². The minimum Gasteiger partial charge on any atom is -0.508 e. The molecule has 3 aromatic carbocycles. The summed E-state index contributed by atoms with van der Waals surface area (Å²) in [4.78, 5) is 0. The first-order chi connectivity index (χ1) is 14.2. The lowest BCUT2D eigenvalue weighted by Gasteiger charge is -2.17. The molecule has 13 N–H and O–H groups in total. The summed E-state index contributed by atoms with van der Waals surface area (Å²) in [6.45, 7) is 0.158. The number of hydrogen-bond donors (Lipinski definition) is 8. The van der Waals surface area contributed by atoms with Gasteiger partial charge < -0.3 is 44.0 Å². The van der Waals surface area contributed by atoms with E-state index in [9.17, 15) is 15.3 Å². The quantitative estimate of drug-likeness (QED) is 0.228. The number of benzene rings is 3. The number of nitrogens with two attached hydrogens (primary N) is 5. The van der Waals surface area contributed by atoms with E-state index in [1.807, 2.05) is 0 Å². The first kappa shape index (κ1) is 22.8. The molecule has 8 nitrogen and oxygen atoms in total. The summed E-state index contributed by atoms with van der Waals surface area (Å²) >= 11 is 0. The molecule has 0 amide bonds. The number of phenols is 2. The number of aliphatic hydroxyl groups excluding tert-OH is 1. The first-order valence-corrected chi connectivity index (χ1v) is 9.35. The molecular weight excluding hydrogens is 382 g/mol. The van der Waals surface area contributed by atoms with Gasteiger partial charge in [0.15, 0.2) is 0 Å². The third-order valence-corrected chi connectivity index (χ3v) is 4.57. The Hall–Kier alpha value is -3.46. The highest BCUT2D eigenvalue weighted by molar-refractivity contribution is 5.53. The van der Waals surface area contributed by atoms with Crippen LogP contribution in [0.5, 0.6) is 11.5 Å². The van der Waals surface area contributed by atoms with Crippen molar-refractivity contribution in [2.45, 2.75) is 18.6 Å². The van der Waals surface area contributed by atoms with Crippen molar-refractivity contribution in [1.82, 2.24) is 0 Å². The lowest BCUT2D eigenvalue weighted by molar-refractivity contribution is 0.153. The smallest absolute Gasteiger partial charge is 0.119 e. The van der Waals surface area contributed by atoms with Gasteiger partial charge in [-0.15, -0.1) is 0 Å². The molecule has 0 fully saturated rings. The third kappa shape index (κ3) is 6.28. The Kier molecular flexibility index (Phi) is 7.88. The number of aliphatic hydroxyl groups is 1. The van der Waals surface area contributed by atoms with E-state index >= 15 is 0 Å². The molecule has 0 saturated carbocycles. The van der Waals surface area contributed by atoms with Crippen LogP contribution in [0, 0.1) is 0 Å². The number of rotatable bonds is 5. The number of anilines is 3. The van der Waals surface area contributed by atoms with Crippen LogP contribution in [0.25, 0.3) is 0 Å². The van der Waals surface area contributed by atoms with E-state index in [2.05, 4.69) is 0 Å². The van der Waals surface area contributed by atoms with Crippen molar-refractivity contribution in [2.75, 3.05) is 23.7 Å². The summed E-state index contributed by atoms with van der Waals surface area (Å²) in [5, 5.41) is 28.7. The van der Waals surface area contributed by atoms with E-state index in [1.54, 1.807) is 48.5 Å². The average molecular weight is 412 g/mol. The average Bonchev–Trinajstić information content (AvgIpc) is 2.73. The van der Waals surface area contributed by atoms with E-state index in [0.29, 0.717) is 34.6 Å². The molecule has 2 unspecified atom stereocenters. The highest BCUT2D eigenvalue weighted by Crippen LogP contribution is 2.27. The van der Waals surface area contributed by atoms with Crippen LogP contribution in [0.2, 0.25) is 0 Å². The molecule has 0 bridgehead atoms. The predicted molar refractivity (Wildman–Crippen MR) is 121 cm³/mol. The molecule has 0 radical (unpaired) electrons.